The largest absolute Gasteiger partial charge is 0.495 e. The fourth-order valence-electron chi connectivity index (χ4n) is 1.49. The number of hydrogen-bond donors (Lipinski definition) is 1. The number of methoxy groups -OCH3 is 1. The van der Waals surface area contributed by atoms with E-state index < -0.39 is 11.4 Å². The van der Waals surface area contributed by atoms with Gasteiger partial charge in [0.05, 0.1) is 17.5 Å². The Labute approximate surface area is 100.0 Å². The van der Waals surface area contributed by atoms with E-state index in [9.17, 15) is 9.90 Å². The summed E-state index contributed by atoms with van der Waals surface area (Å²) in [6.45, 7) is 3.53. The lowest BCUT2D eigenvalue weighted by Gasteiger charge is -2.24. The van der Waals surface area contributed by atoms with E-state index in [2.05, 4.69) is 0 Å². The first-order chi connectivity index (χ1) is 7.45. The standard InChI is InChI=1S/C12H15ClO3/c1-4-12(2,11(14)15)8-5-6-10(16-3)9(13)7-8/h5-7H,4H2,1-3H3,(H,14,15). The van der Waals surface area contributed by atoms with Crippen LogP contribution in [0.3, 0.4) is 0 Å². The van der Waals surface area contributed by atoms with Crippen molar-refractivity contribution < 1.29 is 14.6 Å². The van der Waals surface area contributed by atoms with Crippen LogP contribution in [0.4, 0.5) is 0 Å². The van der Waals surface area contributed by atoms with Gasteiger partial charge in [0.15, 0.2) is 0 Å². The third kappa shape index (κ3) is 2.14. The summed E-state index contributed by atoms with van der Waals surface area (Å²) in [5, 5.41) is 9.66. The molecule has 1 unspecified atom stereocenters. The molecule has 1 aromatic carbocycles. The summed E-state index contributed by atoms with van der Waals surface area (Å²) in [7, 11) is 1.52. The van der Waals surface area contributed by atoms with Crippen molar-refractivity contribution in [3.05, 3.63) is 28.8 Å². The van der Waals surface area contributed by atoms with E-state index in [0.717, 1.165) is 0 Å². The van der Waals surface area contributed by atoms with Crippen LogP contribution in [0.1, 0.15) is 25.8 Å². The van der Waals surface area contributed by atoms with Gasteiger partial charge in [0.2, 0.25) is 0 Å². The fraction of sp³-hybridized carbons (Fsp3) is 0.417. The summed E-state index contributed by atoms with van der Waals surface area (Å²) in [6.07, 6.45) is 0.505. The minimum absolute atomic E-state index is 0.431. The van der Waals surface area contributed by atoms with E-state index >= 15 is 0 Å². The Balaban J connectivity index is 3.23. The van der Waals surface area contributed by atoms with Gasteiger partial charge in [-0.15, -0.1) is 0 Å². The molecule has 0 heterocycles. The molecule has 0 aliphatic heterocycles. The molecule has 3 nitrogen and oxygen atoms in total. The highest BCUT2D eigenvalue weighted by atomic mass is 35.5. The molecule has 0 bridgehead atoms. The molecule has 0 spiro atoms. The maximum Gasteiger partial charge on any atom is 0.313 e. The Morgan fingerprint density at radius 1 is 1.56 bits per heavy atom. The third-order valence-corrected chi connectivity index (χ3v) is 3.26. The monoisotopic (exact) mass is 242 g/mol. The molecular formula is C12H15ClO3. The van der Waals surface area contributed by atoms with Gasteiger partial charge in [-0.1, -0.05) is 24.6 Å². The highest BCUT2D eigenvalue weighted by molar-refractivity contribution is 6.32. The molecule has 0 fully saturated rings. The van der Waals surface area contributed by atoms with Gasteiger partial charge >= 0.3 is 5.97 Å². The number of carboxylic acid groups (broad SMARTS) is 1. The molecule has 1 aromatic rings. The zero-order valence-corrected chi connectivity index (χ0v) is 10.3. The maximum atomic E-state index is 11.2. The van der Waals surface area contributed by atoms with E-state index in [4.69, 9.17) is 16.3 Å². The number of ether oxygens (including phenoxy) is 1. The number of aliphatic carboxylic acids is 1. The van der Waals surface area contributed by atoms with Crippen LogP contribution in [0, 0.1) is 0 Å². The normalized spacial score (nSPS) is 14.2. The Hall–Kier alpha value is -1.22. The average Bonchev–Trinajstić information content (AvgIpc) is 2.27. The van der Waals surface area contributed by atoms with Crippen LogP contribution in [0.5, 0.6) is 5.75 Å². The van der Waals surface area contributed by atoms with Crippen LogP contribution in [-0.2, 0) is 10.2 Å². The molecule has 88 valence electrons. The van der Waals surface area contributed by atoms with Crippen LogP contribution in [0.2, 0.25) is 5.02 Å². The molecule has 0 radical (unpaired) electrons. The summed E-state index contributed by atoms with van der Waals surface area (Å²) >= 11 is 5.98. The Kier molecular flexibility index (Phi) is 3.81. The molecule has 0 amide bonds. The molecule has 1 N–H and O–H groups in total. The average molecular weight is 243 g/mol. The third-order valence-electron chi connectivity index (χ3n) is 2.97. The van der Waals surface area contributed by atoms with Crippen molar-refractivity contribution in [1.29, 1.82) is 0 Å². The van der Waals surface area contributed by atoms with Crippen LogP contribution in [0.25, 0.3) is 0 Å². The number of halogens is 1. The van der Waals surface area contributed by atoms with Crippen LogP contribution in [-0.4, -0.2) is 18.2 Å². The van der Waals surface area contributed by atoms with Gasteiger partial charge in [0.1, 0.15) is 5.75 Å². The van der Waals surface area contributed by atoms with Gasteiger partial charge in [0.25, 0.3) is 0 Å². The molecule has 16 heavy (non-hydrogen) atoms. The first kappa shape index (κ1) is 12.8. The smallest absolute Gasteiger partial charge is 0.313 e. The van der Waals surface area contributed by atoms with Crippen molar-refractivity contribution in [2.45, 2.75) is 25.7 Å². The van der Waals surface area contributed by atoms with Gasteiger partial charge in [-0.05, 0) is 31.0 Å². The zero-order valence-electron chi connectivity index (χ0n) is 9.58. The second-order valence-corrected chi connectivity index (χ2v) is 4.25. The Morgan fingerprint density at radius 2 is 2.19 bits per heavy atom. The number of carbonyl (C=O) groups is 1. The van der Waals surface area contributed by atoms with Crippen molar-refractivity contribution in [3.8, 4) is 5.75 Å². The second kappa shape index (κ2) is 4.74. The number of hydrogen-bond acceptors (Lipinski definition) is 2. The first-order valence-electron chi connectivity index (χ1n) is 5.03. The van der Waals surface area contributed by atoms with E-state index in [-0.39, 0.29) is 0 Å². The van der Waals surface area contributed by atoms with E-state index in [1.807, 2.05) is 6.92 Å². The Bertz CT molecular complexity index is 403. The molecule has 0 saturated heterocycles. The number of benzene rings is 1. The molecule has 4 heteroatoms. The lowest BCUT2D eigenvalue weighted by molar-refractivity contribution is -0.143. The zero-order chi connectivity index (χ0) is 12.3. The summed E-state index contributed by atoms with van der Waals surface area (Å²) in [5.41, 5.74) is -0.219. The number of rotatable bonds is 4. The summed E-state index contributed by atoms with van der Waals surface area (Å²) in [6, 6.07) is 5.08. The van der Waals surface area contributed by atoms with E-state index in [1.165, 1.54) is 7.11 Å². The van der Waals surface area contributed by atoms with E-state index in [1.54, 1.807) is 25.1 Å². The molecule has 0 saturated carbocycles. The van der Waals surface area contributed by atoms with Gasteiger partial charge in [-0.3, -0.25) is 4.79 Å². The molecular weight excluding hydrogens is 228 g/mol. The van der Waals surface area contributed by atoms with Crippen molar-refractivity contribution in [2.24, 2.45) is 0 Å². The molecule has 1 rings (SSSR count). The SMILES string of the molecule is CCC(C)(C(=O)O)c1ccc(OC)c(Cl)c1. The highest BCUT2D eigenvalue weighted by Crippen LogP contribution is 2.33. The summed E-state index contributed by atoms with van der Waals surface area (Å²) < 4.78 is 5.03. The van der Waals surface area contributed by atoms with Crippen molar-refractivity contribution in [2.75, 3.05) is 7.11 Å². The molecule has 0 aromatic heterocycles. The van der Waals surface area contributed by atoms with Crippen molar-refractivity contribution in [3.63, 3.8) is 0 Å². The predicted molar refractivity (Wildman–Crippen MR) is 63.3 cm³/mol. The lowest BCUT2D eigenvalue weighted by Crippen LogP contribution is -2.31. The number of carboxylic acids is 1. The highest BCUT2D eigenvalue weighted by Gasteiger charge is 2.33. The lowest BCUT2D eigenvalue weighted by atomic mass is 9.80. The predicted octanol–water partition coefficient (Wildman–Crippen LogP) is 3.10. The van der Waals surface area contributed by atoms with Gasteiger partial charge in [-0.25, -0.2) is 0 Å². The van der Waals surface area contributed by atoms with Crippen LogP contribution < -0.4 is 4.74 Å². The van der Waals surface area contributed by atoms with Crippen molar-refractivity contribution in [1.82, 2.24) is 0 Å². The Morgan fingerprint density at radius 3 is 2.56 bits per heavy atom. The summed E-state index contributed by atoms with van der Waals surface area (Å²) in [4.78, 5) is 11.2. The second-order valence-electron chi connectivity index (χ2n) is 3.84. The minimum atomic E-state index is -0.907. The summed E-state index contributed by atoms with van der Waals surface area (Å²) in [5.74, 6) is -0.300. The molecule has 0 aliphatic carbocycles. The van der Waals surface area contributed by atoms with Gasteiger partial charge in [-0.2, -0.15) is 0 Å². The quantitative estimate of drug-likeness (QED) is 0.883. The van der Waals surface area contributed by atoms with Gasteiger partial charge in [0, 0.05) is 0 Å². The van der Waals surface area contributed by atoms with E-state index in [0.29, 0.717) is 22.8 Å². The van der Waals surface area contributed by atoms with Crippen molar-refractivity contribution >= 4 is 17.6 Å². The van der Waals surface area contributed by atoms with Crippen LogP contribution >= 0.6 is 11.6 Å². The maximum absolute atomic E-state index is 11.2. The molecule has 0 aliphatic rings. The fourth-order valence-corrected chi connectivity index (χ4v) is 1.75. The topological polar surface area (TPSA) is 46.5 Å². The van der Waals surface area contributed by atoms with Gasteiger partial charge < -0.3 is 9.84 Å². The van der Waals surface area contributed by atoms with Crippen LogP contribution in [0.15, 0.2) is 18.2 Å². The first-order valence-corrected chi connectivity index (χ1v) is 5.41. The molecule has 1 atom stereocenters. The minimum Gasteiger partial charge on any atom is -0.495 e.